The molecule has 0 radical (unpaired) electrons. The molecule has 264 valence electrons. The summed E-state index contributed by atoms with van der Waals surface area (Å²) in [5.41, 5.74) is 6.92. The molecule has 1 aliphatic rings. The Morgan fingerprint density at radius 2 is 0.840 bits per heavy atom. The standard InChI is InChI=1S/C46H58N2O2/c1-43(2,3)35-25-31(41(49)37(27-35)45(7,8)33-19-13-11-14-20-33)29-47-39-23-17-18-24-40(39)48-30-32-26-36(44(4,5)6)28-38(42(32)50)46(9,10)34-21-15-12-16-22-34/h11-16,19-22,25-30,39-40,49-50H,17-18,23-24H2,1-10H3. The molecule has 1 fully saturated rings. The molecule has 4 aromatic rings. The van der Waals surface area contributed by atoms with Crippen molar-refractivity contribution in [3.05, 3.63) is 129 Å². The number of aliphatic imine (C=N–C) groups is 2. The van der Waals surface area contributed by atoms with Gasteiger partial charge in [-0.3, -0.25) is 9.98 Å². The predicted octanol–water partition coefficient (Wildman–Crippen LogP) is 11.2. The number of phenolic OH excluding ortho intramolecular Hbond substituents is 2. The van der Waals surface area contributed by atoms with Gasteiger partial charge in [0, 0.05) is 45.5 Å². The molecule has 0 amide bonds. The molecule has 2 unspecified atom stereocenters. The minimum Gasteiger partial charge on any atom is -0.507 e. The molecule has 50 heavy (non-hydrogen) atoms. The van der Waals surface area contributed by atoms with Gasteiger partial charge in [0.15, 0.2) is 0 Å². The lowest BCUT2D eigenvalue weighted by Gasteiger charge is -2.31. The van der Waals surface area contributed by atoms with Gasteiger partial charge in [0.05, 0.1) is 12.1 Å². The van der Waals surface area contributed by atoms with Gasteiger partial charge in [-0.25, -0.2) is 0 Å². The Morgan fingerprint density at radius 1 is 0.500 bits per heavy atom. The van der Waals surface area contributed by atoms with E-state index in [1.807, 2.05) is 24.6 Å². The van der Waals surface area contributed by atoms with Gasteiger partial charge in [0.2, 0.25) is 0 Å². The Labute approximate surface area is 301 Å². The molecule has 0 spiro atoms. The summed E-state index contributed by atoms with van der Waals surface area (Å²) in [6.45, 7) is 22.0. The van der Waals surface area contributed by atoms with E-state index in [0.717, 1.165) is 70.2 Å². The van der Waals surface area contributed by atoms with E-state index in [1.165, 1.54) is 0 Å². The van der Waals surface area contributed by atoms with Crippen LogP contribution < -0.4 is 0 Å². The fourth-order valence-electron chi connectivity index (χ4n) is 7.14. The summed E-state index contributed by atoms with van der Waals surface area (Å²) < 4.78 is 0. The second-order valence-corrected chi connectivity index (χ2v) is 17.4. The quantitative estimate of drug-likeness (QED) is 0.183. The van der Waals surface area contributed by atoms with Crippen molar-refractivity contribution in [1.82, 2.24) is 0 Å². The summed E-state index contributed by atoms with van der Waals surface area (Å²) in [5, 5.41) is 23.5. The van der Waals surface area contributed by atoms with Crippen LogP contribution in [0.15, 0.2) is 94.9 Å². The van der Waals surface area contributed by atoms with Crippen molar-refractivity contribution in [2.75, 3.05) is 0 Å². The molecule has 0 aliphatic heterocycles. The van der Waals surface area contributed by atoms with Crippen LogP contribution in [0.2, 0.25) is 0 Å². The smallest absolute Gasteiger partial charge is 0.128 e. The summed E-state index contributed by atoms with van der Waals surface area (Å²) in [5.74, 6) is 0.563. The first kappa shape index (κ1) is 37.1. The van der Waals surface area contributed by atoms with Crippen molar-refractivity contribution in [1.29, 1.82) is 0 Å². The molecule has 0 saturated heterocycles. The van der Waals surface area contributed by atoms with Gasteiger partial charge in [-0.2, -0.15) is 0 Å². The highest BCUT2D eigenvalue weighted by Crippen LogP contribution is 2.43. The van der Waals surface area contributed by atoms with Gasteiger partial charge < -0.3 is 10.2 Å². The van der Waals surface area contributed by atoms with Gasteiger partial charge in [-0.05, 0) is 58.1 Å². The molecule has 2 N–H and O–H groups in total. The van der Waals surface area contributed by atoms with Crippen LogP contribution in [0.5, 0.6) is 11.5 Å². The normalized spacial score (nSPS) is 17.9. The molecule has 4 heteroatoms. The van der Waals surface area contributed by atoms with E-state index < -0.39 is 10.8 Å². The van der Waals surface area contributed by atoms with Crippen LogP contribution in [0.1, 0.15) is 139 Å². The zero-order valence-corrected chi connectivity index (χ0v) is 32.0. The Hall–Kier alpha value is -4.18. The van der Waals surface area contributed by atoms with E-state index in [-0.39, 0.29) is 34.4 Å². The van der Waals surface area contributed by atoms with Crippen LogP contribution in [0, 0.1) is 0 Å². The van der Waals surface area contributed by atoms with Gasteiger partial charge >= 0.3 is 0 Å². The highest BCUT2D eigenvalue weighted by atomic mass is 16.3. The fourth-order valence-corrected chi connectivity index (χ4v) is 7.14. The maximum atomic E-state index is 11.8. The van der Waals surface area contributed by atoms with Crippen LogP contribution in [0.3, 0.4) is 0 Å². The molecular formula is C46H58N2O2. The average Bonchev–Trinajstić information content (AvgIpc) is 3.07. The summed E-state index contributed by atoms with van der Waals surface area (Å²) in [4.78, 5) is 10.3. The van der Waals surface area contributed by atoms with E-state index >= 15 is 0 Å². The largest absolute Gasteiger partial charge is 0.507 e. The van der Waals surface area contributed by atoms with Crippen molar-refractivity contribution in [2.45, 2.75) is 129 Å². The van der Waals surface area contributed by atoms with Gasteiger partial charge in [0.25, 0.3) is 0 Å². The monoisotopic (exact) mass is 670 g/mol. The minimum atomic E-state index is -0.398. The van der Waals surface area contributed by atoms with Crippen molar-refractivity contribution in [3.8, 4) is 11.5 Å². The first-order chi connectivity index (χ1) is 23.4. The van der Waals surface area contributed by atoms with Crippen LogP contribution in [-0.4, -0.2) is 34.7 Å². The van der Waals surface area contributed by atoms with E-state index in [1.54, 1.807) is 0 Å². The van der Waals surface area contributed by atoms with Gasteiger partial charge in [-0.15, -0.1) is 0 Å². The first-order valence-electron chi connectivity index (χ1n) is 18.3. The lowest BCUT2D eigenvalue weighted by Crippen LogP contribution is -2.27. The molecule has 2 atom stereocenters. The molecule has 5 rings (SSSR count). The molecule has 0 bridgehead atoms. The molecule has 4 nitrogen and oxygen atoms in total. The van der Waals surface area contributed by atoms with Gasteiger partial charge in [-0.1, -0.05) is 155 Å². The number of hydrogen-bond acceptors (Lipinski definition) is 4. The molecule has 0 heterocycles. The summed E-state index contributed by atoms with van der Waals surface area (Å²) in [6.07, 6.45) is 7.81. The Morgan fingerprint density at radius 3 is 1.16 bits per heavy atom. The number of rotatable bonds is 8. The maximum Gasteiger partial charge on any atom is 0.128 e. The number of nitrogens with zero attached hydrogens (tertiary/aromatic N) is 2. The van der Waals surface area contributed by atoms with Crippen molar-refractivity contribution < 1.29 is 10.2 Å². The second kappa shape index (κ2) is 14.2. The Bertz CT molecular complexity index is 1700. The Balaban J connectivity index is 1.51. The predicted molar refractivity (Wildman–Crippen MR) is 212 cm³/mol. The highest BCUT2D eigenvalue weighted by Gasteiger charge is 2.32. The highest BCUT2D eigenvalue weighted by molar-refractivity contribution is 5.86. The van der Waals surface area contributed by atoms with E-state index in [4.69, 9.17) is 9.98 Å². The van der Waals surface area contributed by atoms with Crippen LogP contribution in [0.4, 0.5) is 0 Å². The number of phenols is 2. The number of benzene rings is 4. The zero-order chi connectivity index (χ0) is 36.5. The summed E-state index contributed by atoms with van der Waals surface area (Å²) in [7, 11) is 0. The minimum absolute atomic E-state index is 0.0172. The third kappa shape index (κ3) is 7.90. The van der Waals surface area contributed by atoms with E-state index in [2.05, 4.69) is 142 Å². The van der Waals surface area contributed by atoms with Crippen molar-refractivity contribution in [3.63, 3.8) is 0 Å². The van der Waals surface area contributed by atoms with Crippen molar-refractivity contribution in [2.24, 2.45) is 9.98 Å². The zero-order valence-electron chi connectivity index (χ0n) is 32.0. The fraction of sp³-hybridized carbons (Fsp3) is 0.435. The molecule has 1 aliphatic carbocycles. The number of hydrogen-bond donors (Lipinski definition) is 2. The van der Waals surface area contributed by atoms with Crippen LogP contribution >= 0.6 is 0 Å². The molecular weight excluding hydrogens is 613 g/mol. The second-order valence-electron chi connectivity index (χ2n) is 17.4. The maximum absolute atomic E-state index is 11.8. The first-order valence-corrected chi connectivity index (χ1v) is 18.3. The van der Waals surface area contributed by atoms with E-state index in [9.17, 15) is 10.2 Å². The summed E-state index contributed by atoms with van der Waals surface area (Å²) >= 11 is 0. The molecule has 4 aromatic carbocycles. The topological polar surface area (TPSA) is 65.2 Å². The third-order valence-electron chi connectivity index (χ3n) is 10.9. The SMILES string of the molecule is CC(C)(C)c1cc(C=NC2CCCCC2N=Cc2cc(C(C)(C)C)cc(C(C)(C)c3ccccc3)c2O)c(O)c(C(C)(C)c2ccccc2)c1. The van der Waals surface area contributed by atoms with E-state index in [0.29, 0.717) is 0 Å². The lowest BCUT2D eigenvalue weighted by molar-refractivity contribution is 0.390. The summed E-state index contributed by atoms with van der Waals surface area (Å²) in [6, 6.07) is 29.3. The average molecular weight is 671 g/mol. The Kier molecular flexibility index (Phi) is 10.5. The number of aromatic hydroxyl groups is 2. The molecule has 1 saturated carbocycles. The van der Waals surface area contributed by atoms with Crippen molar-refractivity contribution >= 4 is 12.4 Å². The third-order valence-corrected chi connectivity index (χ3v) is 10.9. The van der Waals surface area contributed by atoms with Crippen LogP contribution in [-0.2, 0) is 21.7 Å². The van der Waals surface area contributed by atoms with Gasteiger partial charge in [0.1, 0.15) is 11.5 Å². The molecule has 0 aromatic heterocycles. The van der Waals surface area contributed by atoms with Crippen LogP contribution in [0.25, 0.3) is 0 Å². The lowest BCUT2D eigenvalue weighted by atomic mass is 9.74.